The van der Waals surface area contributed by atoms with Crippen LogP contribution in [-0.2, 0) is 0 Å². The van der Waals surface area contributed by atoms with E-state index in [2.05, 4.69) is 25.7 Å². The van der Waals surface area contributed by atoms with E-state index in [0.717, 1.165) is 0 Å². The van der Waals surface area contributed by atoms with Crippen LogP contribution in [0, 0.1) is 0 Å². The van der Waals surface area contributed by atoms with E-state index in [4.69, 9.17) is 11.6 Å². The Balaban J connectivity index is 3.10. The molecule has 0 aliphatic heterocycles. The van der Waals surface area contributed by atoms with Crippen molar-refractivity contribution in [3.8, 4) is 5.88 Å². The van der Waals surface area contributed by atoms with Crippen molar-refractivity contribution in [2.45, 2.75) is 12.8 Å². The minimum atomic E-state index is -4.96. The van der Waals surface area contributed by atoms with Crippen LogP contribution in [0.5, 0.6) is 5.88 Å². The SMILES string of the molecule is FC(F)c1c(Br)cc(OC(F)(F)F)nc1Cl. The van der Waals surface area contributed by atoms with Gasteiger partial charge in [0.2, 0.25) is 5.88 Å². The van der Waals surface area contributed by atoms with Gasteiger partial charge in [0.05, 0.1) is 5.56 Å². The van der Waals surface area contributed by atoms with Crippen molar-refractivity contribution >= 4 is 27.5 Å². The van der Waals surface area contributed by atoms with Crippen molar-refractivity contribution in [3.05, 3.63) is 21.3 Å². The van der Waals surface area contributed by atoms with Gasteiger partial charge in [-0.1, -0.05) is 11.6 Å². The molecule has 0 fully saturated rings. The van der Waals surface area contributed by atoms with E-state index in [0.29, 0.717) is 6.07 Å². The van der Waals surface area contributed by atoms with Gasteiger partial charge < -0.3 is 4.74 Å². The smallest absolute Gasteiger partial charge is 0.388 e. The van der Waals surface area contributed by atoms with E-state index >= 15 is 0 Å². The number of hydrogen-bond donors (Lipinski definition) is 0. The zero-order valence-corrected chi connectivity index (χ0v) is 9.50. The standard InChI is InChI=1S/C7H2BrClF5NO/c8-2-1-3(16-7(12,13)14)15-5(9)4(2)6(10)11/h1,6H. The molecule has 0 aromatic carbocycles. The molecule has 0 unspecified atom stereocenters. The van der Waals surface area contributed by atoms with Crippen LogP contribution in [0.1, 0.15) is 12.0 Å². The molecule has 0 N–H and O–H groups in total. The molecule has 0 amide bonds. The summed E-state index contributed by atoms with van der Waals surface area (Å²) in [7, 11) is 0. The molecule has 9 heteroatoms. The highest BCUT2D eigenvalue weighted by molar-refractivity contribution is 9.10. The summed E-state index contributed by atoms with van der Waals surface area (Å²) in [5.74, 6) is -0.909. The van der Waals surface area contributed by atoms with Crippen molar-refractivity contribution in [1.82, 2.24) is 4.98 Å². The number of pyridine rings is 1. The maximum Gasteiger partial charge on any atom is 0.574 e. The van der Waals surface area contributed by atoms with E-state index in [9.17, 15) is 22.0 Å². The first-order chi connectivity index (χ1) is 7.20. The molecular formula is C7H2BrClF5NO. The number of nitrogens with zero attached hydrogens (tertiary/aromatic N) is 1. The second kappa shape index (κ2) is 4.70. The van der Waals surface area contributed by atoms with Gasteiger partial charge in [0.25, 0.3) is 6.43 Å². The monoisotopic (exact) mass is 325 g/mol. The predicted molar refractivity (Wildman–Crippen MR) is 48.6 cm³/mol. The lowest BCUT2D eigenvalue weighted by Gasteiger charge is -2.11. The lowest BCUT2D eigenvalue weighted by molar-refractivity contribution is -0.276. The van der Waals surface area contributed by atoms with E-state index in [1.807, 2.05) is 0 Å². The first kappa shape index (κ1) is 13.4. The first-order valence-corrected chi connectivity index (χ1v) is 4.77. The molecule has 0 aliphatic rings. The molecule has 0 spiro atoms. The van der Waals surface area contributed by atoms with E-state index < -0.39 is 29.4 Å². The van der Waals surface area contributed by atoms with E-state index in [1.54, 1.807) is 0 Å². The van der Waals surface area contributed by atoms with Crippen LogP contribution in [0.25, 0.3) is 0 Å². The highest BCUT2D eigenvalue weighted by atomic mass is 79.9. The predicted octanol–water partition coefficient (Wildman–Crippen LogP) is 4.33. The van der Waals surface area contributed by atoms with Gasteiger partial charge in [-0.15, -0.1) is 13.2 Å². The molecule has 1 rings (SSSR count). The summed E-state index contributed by atoms with van der Waals surface area (Å²) in [4.78, 5) is 3.05. The van der Waals surface area contributed by atoms with Crippen LogP contribution in [0.15, 0.2) is 10.5 Å². The highest BCUT2D eigenvalue weighted by Gasteiger charge is 2.32. The maximum absolute atomic E-state index is 12.3. The van der Waals surface area contributed by atoms with Gasteiger partial charge in [-0.05, 0) is 15.9 Å². The molecule has 0 saturated carbocycles. The lowest BCUT2D eigenvalue weighted by atomic mass is 10.3. The normalized spacial score (nSPS) is 12.0. The lowest BCUT2D eigenvalue weighted by Crippen LogP contribution is -2.18. The molecule has 1 aromatic rings. The number of alkyl halides is 5. The Morgan fingerprint density at radius 1 is 1.38 bits per heavy atom. The Morgan fingerprint density at radius 3 is 2.31 bits per heavy atom. The van der Waals surface area contributed by atoms with Crippen LogP contribution >= 0.6 is 27.5 Å². The van der Waals surface area contributed by atoms with Gasteiger partial charge in [0, 0.05) is 10.5 Å². The van der Waals surface area contributed by atoms with Crippen LogP contribution < -0.4 is 4.74 Å². The fourth-order valence-corrected chi connectivity index (χ4v) is 1.78. The molecule has 1 heterocycles. The van der Waals surface area contributed by atoms with Crippen LogP contribution in [0.2, 0.25) is 5.15 Å². The molecule has 90 valence electrons. The van der Waals surface area contributed by atoms with Crippen molar-refractivity contribution in [1.29, 1.82) is 0 Å². The van der Waals surface area contributed by atoms with Crippen molar-refractivity contribution in [3.63, 3.8) is 0 Å². The molecule has 2 nitrogen and oxygen atoms in total. The van der Waals surface area contributed by atoms with Gasteiger partial charge in [0.15, 0.2) is 0 Å². The highest BCUT2D eigenvalue weighted by Crippen LogP contribution is 2.35. The van der Waals surface area contributed by atoms with Gasteiger partial charge >= 0.3 is 6.36 Å². The fourth-order valence-electron chi connectivity index (χ4n) is 0.839. The van der Waals surface area contributed by atoms with Crippen molar-refractivity contribution in [2.24, 2.45) is 0 Å². The topological polar surface area (TPSA) is 22.1 Å². The molecule has 0 saturated heterocycles. The number of aromatic nitrogens is 1. The summed E-state index contributed by atoms with van der Waals surface area (Å²) in [6.07, 6.45) is -7.91. The molecule has 0 bridgehead atoms. The molecule has 0 atom stereocenters. The Kier molecular flexibility index (Phi) is 3.95. The summed E-state index contributed by atoms with van der Waals surface area (Å²) in [5.41, 5.74) is -0.684. The first-order valence-electron chi connectivity index (χ1n) is 3.60. The van der Waals surface area contributed by atoms with Gasteiger partial charge in [-0.3, -0.25) is 0 Å². The van der Waals surface area contributed by atoms with Gasteiger partial charge in [-0.2, -0.15) is 0 Å². The third kappa shape index (κ3) is 3.44. The van der Waals surface area contributed by atoms with Crippen LogP contribution in [0.3, 0.4) is 0 Å². The summed E-state index contributed by atoms with van der Waals surface area (Å²) in [5, 5.41) is -0.747. The molecule has 0 radical (unpaired) electrons. The Hall–Kier alpha value is -0.630. The zero-order valence-electron chi connectivity index (χ0n) is 7.16. The van der Waals surface area contributed by atoms with Crippen molar-refractivity contribution in [2.75, 3.05) is 0 Å². The second-order valence-corrected chi connectivity index (χ2v) is 3.71. The van der Waals surface area contributed by atoms with E-state index in [-0.39, 0.29) is 4.47 Å². The largest absolute Gasteiger partial charge is 0.574 e. The Morgan fingerprint density at radius 2 is 1.94 bits per heavy atom. The molecule has 0 aliphatic carbocycles. The number of ether oxygens (including phenoxy) is 1. The zero-order chi connectivity index (χ0) is 12.5. The van der Waals surface area contributed by atoms with Gasteiger partial charge in [0.1, 0.15) is 5.15 Å². The molecule has 1 aromatic heterocycles. The molecular weight excluding hydrogens is 324 g/mol. The average Bonchev–Trinajstić information content (AvgIpc) is 1.96. The fraction of sp³-hybridized carbons (Fsp3) is 0.286. The molecule has 16 heavy (non-hydrogen) atoms. The summed E-state index contributed by atoms with van der Waals surface area (Å²) in [6, 6.07) is 0.668. The Bertz CT molecular complexity index is 374. The van der Waals surface area contributed by atoms with E-state index in [1.165, 1.54) is 0 Å². The maximum atomic E-state index is 12.3. The van der Waals surface area contributed by atoms with Crippen molar-refractivity contribution < 1.29 is 26.7 Å². The summed E-state index contributed by atoms with van der Waals surface area (Å²) in [6.45, 7) is 0. The minimum absolute atomic E-state index is 0.304. The van der Waals surface area contributed by atoms with Crippen LogP contribution in [0.4, 0.5) is 22.0 Å². The number of rotatable bonds is 2. The second-order valence-electron chi connectivity index (χ2n) is 2.50. The summed E-state index contributed by atoms with van der Waals surface area (Å²) < 4.78 is 63.2. The average molecular weight is 326 g/mol. The number of halogens is 7. The third-order valence-electron chi connectivity index (χ3n) is 1.38. The quantitative estimate of drug-likeness (QED) is 0.596. The minimum Gasteiger partial charge on any atom is -0.388 e. The van der Waals surface area contributed by atoms with Gasteiger partial charge in [-0.25, -0.2) is 13.8 Å². The summed E-state index contributed by atoms with van der Waals surface area (Å²) >= 11 is 7.94. The van der Waals surface area contributed by atoms with Crippen LogP contribution in [-0.4, -0.2) is 11.3 Å². The Labute approximate surface area is 99.5 Å². The number of hydrogen-bond acceptors (Lipinski definition) is 2. The third-order valence-corrected chi connectivity index (χ3v) is 2.32.